The number of rotatable bonds is 2. The lowest BCUT2D eigenvalue weighted by Gasteiger charge is -1.94. The molecule has 6 heteroatoms. The molecule has 0 bridgehead atoms. The van der Waals surface area contributed by atoms with Gasteiger partial charge in [0, 0.05) is 10.6 Å². The molecule has 4 aromatic rings. The molecule has 0 aliphatic heterocycles. The van der Waals surface area contributed by atoms with Crippen molar-refractivity contribution in [3.05, 3.63) is 80.1 Å². The van der Waals surface area contributed by atoms with Crippen LogP contribution in [0, 0.1) is 0 Å². The molecule has 0 N–H and O–H groups in total. The van der Waals surface area contributed by atoms with Crippen LogP contribution in [0.2, 0.25) is 5.02 Å². The molecule has 4 rings (SSSR count). The van der Waals surface area contributed by atoms with Crippen molar-refractivity contribution in [2.24, 2.45) is 0 Å². The van der Waals surface area contributed by atoms with Gasteiger partial charge in [0.15, 0.2) is 5.82 Å². The molecular formula is C17H10ClN3OS. The Hall–Kier alpha value is -2.50. The molecule has 0 saturated heterocycles. The van der Waals surface area contributed by atoms with Gasteiger partial charge in [-0.25, -0.2) is 0 Å². The summed E-state index contributed by atoms with van der Waals surface area (Å²) in [5, 5.41) is 4.92. The minimum absolute atomic E-state index is 0.181. The second-order valence-electron chi connectivity index (χ2n) is 4.93. The maximum atomic E-state index is 12.5. The molecule has 2 aromatic carbocycles. The number of fused-ring (bicyclic) bond motifs is 1. The van der Waals surface area contributed by atoms with Crippen molar-refractivity contribution in [2.75, 3.05) is 0 Å². The van der Waals surface area contributed by atoms with E-state index < -0.39 is 0 Å². The number of hydrogen-bond acceptors (Lipinski definition) is 4. The lowest BCUT2D eigenvalue weighted by Crippen LogP contribution is -2.23. The fourth-order valence-corrected chi connectivity index (χ4v) is 3.37. The van der Waals surface area contributed by atoms with E-state index in [0.717, 1.165) is 11.1 Å². The van der Waals surface area contributed by atoms with Gasteiger partial charge in [-0.05, 0) is 17.7 Å². The Morgan fingerprint density at radius 1 is 1.04 bits per heavy atom. The van der Waals surface area contributed by atoms with Crippen molar-refractivity contribution >= 4 is 34.0 Å². The first kappa shape index (κ1) is 14.1. The van der Waals surface area contributed by atoms with Crippen LogP contribution < -0.4 is 10.1 Å². The number of nitrogens with zero attached hydrogens (tertiary/aromatic N) is 3. The lowest BCUT2D eigenvalue weighted by atomic mass is 10.2. The molecule has 112 valence electrons. The molecule has 4 nitrogen and oxygen atoms in total. The van der Waals surface area contributed by atoms with Crippen LogP contribution in [0.15, 0.2) is 59.4 Å². The van der Waals surface area contributed by atoms with Gasteiger partial charge in [-0.3, -0.25) is 4.79 Å². The molecular weight excluding hydrogens is 330 g/mol. The van der Waals surface area contributed by atoms with Crippen molar-refractivity contribution < 1.29 is 0 Å². The van der Waals surface area contributed by atoms with E-state index >= 15 is 0 Å². The molecule has 2 aromatic heterocycles. The average molecular weight is 340 g/mol. The highest BCUT2D eigenvalue weighted by Crippen LogP contribution is 2.17. The number of thiazole rings is 1. The van der Waals surface area contributed by atoms with Crippen LogP contribution >= 0.6 is 22.9 Å². The first-order valence-electron chi connectivity index (χ1n) is 6.93. The summed E-state index contributed by atoms with van der Waals surface area (Å²) in [6.07, 6.45) is 1.77. The van der Waals surface area contributed by atoms with Crippen LogP contribution in [0.5, 0.6) is 0 Å². The zero-order valence-electron chi connectivity index (χ0n) is 11.8. The zero-order valence-corrected chi connectivity index (χ0v) is 13.4. The predicted octanol–water partition coefficient (Wildman–Crippen LogP) is 3.02. The number of benzene rings is 2. The number of hydrogen-bond donors (Lipinski definition) is 0. The third kappa shape index (κ3) is 2.54. The van der Waals surface area contributed by atoms with Crippen molar-refractivity contribution in [1.82, 2.24) is 14.6 Å². The lowest BCUT2D eigenvalue weighted by molar-refractivity contribution is 0.937. The van der Waals surface area contributed by atoms with E-state index in [4.69, 9.17) is 11.6 Å². The molecule has 23 heavy (non-hydrogen) atoms. The van der Waals surface area contributed by atoms with E-state index in [2.05, 4.69) is 10.1 Å². The third-order valence-corrected chi connectivity index (χ3v) is 4.71. The van der Waals surface area contributed by atoms with Crippen LogP contribution in [0.4, 0.5) is 0 Å². The molecule has 0 amide bonds. The summed E-state index contributed by atoms with van der Waals surface area (Å²) in [5.41, 5.74) is 1.51. The summed E-state index contributed by atoms with van der Waals surface area (Å²) < 4.78 is 1.91. The van der Waals surface area contributed by atoms with Crippen molar-refractivity contribution in [2.45, 2.75) is 0 Å². The molecule has 0 spiro atoms. The summed E-state index contributed by atoms with van der Waals surface area (Å²) in [7, 11) is 0. The van der Waals surface area contributed by atoms with Gasteiger partial charge >= 0.3 is 0 Å². The van der Waals surface area contributed by atoms with E-state index in [9.17, 15) is 4.79 Å². The summed E-state index contributed by atoms with van der Waals surface area (Å²) in [4.78, 5) is 17.5. The predicted molar refractivity (Wildman–Crippen MR) is 92.8 cm³/mol. The molecule has 2 heterocycles. The third-order valence-electron chi connectivity index (χ3n) is 3.41. The molecule has 0 aliphatic carbocycles. The highest BCUT2D eigenvalue weighted by atomic mass is 35.5. The fraction of sp³-hybridized carbons (Fsp3) is 0. The SMILES string of the molecule is O=c1/c(=C\c2ccccc2Cl)sc2nc(-c3ccccc3)nn12. The monoisotopic (exact) mass is 339 g/mol. The van der Waals surface area contributed by atoms with E-state index in [-0.39, 0.29) is 5.56 Å². The second-order valence-corrected chi connectivity index (χ2v) is 6.35. The maximum absolute atomic E-state index is 12.5. The van der Waals surface area contributed by atoms with Gasteiger partial charge < -0.3 is 0 Å². The van der Waals surface area contributed by atoms with Gasteiger partial charge in [-0.15, -0.1) is 5.10 Å². The smallest absolute Gasteiger partial charge is 0.266 e. The van der Waals surface area contributed by atoms with Crippen LogP contribution in [0.1, 0.15) is 5.56 Å². The fourth-order valence-electron chi connectivity index (χ4n) is 2.28. The van der Waals surface area contributed by atoms with Crippen LogP contribution in [-0.2, 0) is 0 Å². The summed E-state index contributed by atoms with van der Waals surface area (Å²) in [6, 6.07) is 17.0. The maximum Gasteiger partial charge on any atom is 0.291 e. The molecule has 0 radical (unpaired) electrons. The molecule has 0 saturated carbocycles. The molecule has 0 atom stereocenters. The van der Waals surface area contributed by atoms with Crippen molar-refractivity contribution in [1.29, 1.82) is 0 Å². The van der Waals surface area contributed by atoms with Crippen molar-refractivity contribution in [3.8, 4) is 11.4 Å². The standard InChI is InChI=1S/C17H10ClN3OS/c18-13-9-5-4-8-12(13)10-14-16(22)21-17(23-14)19-15(20-21)11-6-2-1-3-7-11/h1-10H/b14-10+. The number of halogens is 1. The Balaban J connectivity index is 1.86. The first-order valence-corrected chi connectivity index (χ1v) is 8.13. The summed E-state index contributed by atoms with van der Waals surface area (Å²) in [5.74, 6) is 0.554. The molecule has 0 unspecified atom stereocenters. The van der Waals surface area contributed by atoms with Gasteiger partial charge in [0.1, 0.15) is 0 Å². The minimum Gasteiger partial charge on any atom is -0.266 e. The normalized spacial score (nSPS) is 12.1. The Kier molecular flexibility index (Phi) is 3.44. The molecule has 0 aliphatic rings. The average Bonchev–Trinajstić information content (AvgIpc) is 3.11. The van der Waals surface area contributed by atoms with E-state index in [1.54, 1.807) is 12.1 Å². The van der Waals surface area contributed by atoms with E-state index in [1.807, 2.05) is 48.5 Å². The quantitative estimate of drug-likeness (QED) is 0.564. The highest BCUT2D eigenvalue weighted by Gasteiger charge is 2.11. The van der Waals surface area contributed by atoms with Gasteiger partial charge in [0.05, 0.1) is 4.53 Å². The first-order chi connectivity index (χ1) is 11.2. The zero-order chi connectivity index (χ0) is 15.8. The Morgan fingerprint density at radius 2 is 1.78 bits per heavy atom. The Bertz CT molecular complexity index is 1100. The van der Waals surface area contributed by atoms with Gasteiger partial charge in [0.2, 0.25) is 4.96 Å². The van der Waals surface area contributed by atoms with Crippen molar-refractivity contribution in [3.63, 3.8) is 0 Å². The highest BCUT2D eigenvalue weighted by molar-refractivity contribution is 7.15. The topological polar surface area (TPSA) is 47.3 Å². The minimum atomic E-state index is -0.181. The van der Waals surface area contributed by atoms with E-state index in [0.29, 0.717) is 20.3 Å². The van der Waals surface area contributed by atoms with Gasteiger partial charge in [-0.1, -0.05) is 71.5 Å². The van der Waals surface area contributed by atoms with Gasteiger partial charge in [0.25, 0.3) is 5.56 Å². The second kappa shape index (κ2) is 5.61. The molecule has 0 fully saturated rings. The number of aromatic nitrogens is 3. The Morgan fingerprint density at radius 3 is 2.52 bits per heavy atom. The largest absolute Gasteiger partial charge is 0.291 e. The van der Waals surface area contributed by atoms with E-state index in [1.165, 1.54) is 15.9 Å². The Labute approximate surface area is 140 Å². The summed E-state index contributed by atoms with van der Waals surface area (Å²) in [6.45, 7) is 0. The van der Waals surface area contributed by atoms with Gasteiger partial charge in [-0.2, -0.15) is 9.50 Å². The van der Waals surface area contributed by atoms with Crippen LogP contribution in [0.3, 0.4) is 0 Å². The van der Waals surface area contributed by atoms with Crippen LogP contribution in [0.25, 0.3) is 22.4 Å². The van der Waals surface area contributed by atoms with Crippen LogP contribution in [-0.4, -0.2) is 14.6 Å². The summed E-state index contributed by atoms with van der Waals surface area (Å²) >= 11 is 7.44.